The van der Waals surface area contributed by atoms with Gasteiger partial charge in [0.1, 0.15) is 11.4 Å². The molecule has 0 aromatic heterocycles. The number of hydrogen-bond donors (Lipinski definition) is 0. The van der Waals surface area contributed by atoms with Crippen molar-refractivity contribution in [2.24, 2.45) is 0 Å². The Balaban J connectivity index is 3.22. The minimum atomic E-state index is -0.891. The lowest BCUT2D eigenvalue weighted by molar-refractivity contribution is -0.137. The number of benzene rings is 1. The van der Waals surface area contributed by atoms with Crippen LogP contribution in [0.5, 0.6) is 0 Å². The third kappa shape index (κ3) is 1.84. The summed E-state index contributed by atoms with van der Waals surface area (Å²) in [4.78, 5) is 13.7. The monoisotopic (exact) mass is 194 g/mol. The van der Waals surface area contributed by atoms with Gasteiger partial charge in [-0.25, -0.2) is 9.18 Å². The number of esters is 1. The summed E-state index contributed by atoms with van der Waals surface area (Å²) in [6.07, 6.45) is 0. The minimum absolute atomic E-state index is 0.0955. The molecule has 0 unspecified atom stereocenters. The van der Waals surface area contributed by atoms with Crippen LogP contribution in [0.1, 0.15) is 5.56 Å². The largest absolute Gasteiger partial charge is 0.460 e. The van der Waals surface area contributed by atoms with Crippen LogP contribution in [0.4, 0.5) is 4.39 Å². The zero-order valence-electron chi connectivity index (χ0n) is 7.40. The van der Waals surface area contributed by atoms with Crippen molar-refractivity contribution < 1.29 is 18.7 Å². The molecule has 1 aromatic rings. The second-order valence-electron chi connectivity index (χ2n) is 2.42. The number of nitrogens with zero attached hydrogens (tertiary/aromatic N) is 2. The average Bonchev–Trinajstić information content (AvgIpc) is 2.21. The number of methoxy groups -OCH3 is 1. The summed E-state index contributed by atoms with van der Waals surface area (Å²) in [7, 11) is 1.12. The van der Waals surface area contributed by atoms with Crippen molar-refractivity contribution in [3.05, 3.63) is 41.2 Å². The molecule has 72 valence electrons. The quantitative estimate of drug-likeness (QED) is 0.305. The topological polar surface area (TPSA) is 62.7 Å². The smallest absolute Gasteiger partial charge is 0.422 e. The van der Waals surface area contributed by atoms with E-state index in [-0.39, 0.29) is 5.56 Å². The Bertz CT molecular complexity index is 411. The normalized spacial score (nSPS) is 9.00. The summed E-state index contributed by atoms with van der Waals surface area (Å²) in [6.45, 7) is 0. The van der Waals surface area contributed by atoms with Crippen LogP contribution in [-0.2, 0) is 9.53 Å². The molecule has 0 heterocycles. The average molecular weight is 194 g/mol. The standard InChI is InChI=1S/C9H7FN2O2/c1-14-9(13)8(12-11)6-4-2-3-5-7(6)10/h2-5H,1H3. The minimum Gasteiger partial charge on any atom is -0.460 e. The number of ether oxygens (including phenoxy) is 1. The number of rotatable bonds is 2. The highest BCUT2D eigenvalue weighted by atomic mass is 19.1. The van der Waals surface area contributed by atoms with Crippen molar-refractivity contribution in [3.8, 4) is 0 Å². The van der Waals surface area contributed by atoms with Gasteiger partial charge in [0.25, 0.3) is 0 Å². The van der Waals surface area contributed by atoms with E-state index in [4.69, 9.17) is 5.53 Å². The van der Waals surface area contributed by atoms with E-state index in [0.717, 1.165) is 13.2 Å². The fourth-order valence-corrected chi connectivity index (χ4v) is 0.955. The van der Waals surface area contributed by atoms with Crippen molar-refractivity contribution >= 4 is 11.7 Å². The summed E-state index contributed by atoms with van der Waals surface area (Å²) in [5.74, 6) is -1.54. The Morgan fingerprint density at radius 2 is 2.14 bits per heavy atom. The van der Waals surface area contributed by atoms with Crippen LogP contribution >= 0.6 is 0 Å². The van der Waals surface area contributed by atoms with Gasteiger partial charge in [0.2, 0.25) is 0 Å². The van der Waals surface area contributed by atoms with Gasteiger partial charge in [-0.05, 0) is 12.1 Å². The molecule has 0 fully saturated rings. The van der Waals surface area contributed by atoms with E-state index < -0.39 is 17.5 Å². The van der Waals surface area contributed by atoms with Crippen molar-refractivity contribution in [1.82, 2.24) is 0 Å². The van der Waals surface area contributed by atoms with E-state index in [1.807, 2.05) is 0 Å². The van der Waals surface area contributed by atoms with Crippen molar-refractivity contribution in [3.63, 3.8) is 0 Å². The molecule has 0 spiro atoms. The molecule has 0 atom stereocenters. The SMILES string of the molecule is COC(=O)C(=[N+]=[N-])c1ccccc1F. The van der Waals surface area contributed by atoms with Crippen LogP contribution in [-0.4, -0.2) is 23.6 Å². The predicted octanol–water partition coefficient (Wildman–Crippen LogP) is 1.02. The second-order valence-corrected chi connectivity index (χ2v) is 2.42. The zero-order chi connectivity index (χ0) is 10.6. The van der Waals surface area contributed by atoms with E-state index in [0.29, 0.717) is 0 Å². The maximum absolute atomic E-state index is 13.1. The predicted molar refractivity (Wildman–Crippen MR) is 46.1 cm³/mol. The Hall–Kier alpha value is -2.00. The number of halogens is 1. The number of hydrogen-bond acceptors (Lipinski definition) is 2. The first kappa shape index (κ1) is 10.1. The van der Waals surface area contributed by atoms with Crippen LogP contribution < -0.4 is 0 Å². The number of carbonyl (C=O) groups is 1. The summed E-state index contributed by atoms with van der Waals surface area (Å²) in [6, 6.07) is 5.46. The van der Waals surface area contributed by atoms with Crippen molar-refractivity contribution in [2.75, 3.05) is 7.11 Å². The van der Waals surface area contributed by atoms with Gasteiger partial charge < -0.3 is 10.3 Å². The van der Waals surface area contributed by atoms with Crippen molar-refractivity contribution in [2.45, 2.75) is 0 Å². The highest BCUT2D eigenvalue weighted by Gasteiger charge is 2.26. The van der Waals surface area contributed by atoms with Gasteiger partial charge in [0.15, 0.2) is 0 Å². The lowest BCUT2D eigenvalue weighted by atomic mass is 10.1. The Labute approximate surface area is 79.5 Å². The van der Waals surface area contributed by atoms with Gasteiger partial charge in [-0.3, -0.25) is 0 Å². The molecule has 1 aromatic carbocycles. The van der Waals surface area contributed by atoms with Gasteiger partial charge in [-0.15, -0.1) is 0 Å². The number of carbonyl (C=O) groups excluding carboxylic acids is 1. The van der Waals surface area contributed by atoms with Gasteiger partial charge in [0, 0.05) is 0 Å². The first-order chi connectivity index (χ1) is 6.70. The maximum atomic E-state index is 13.1. The lowest BCUT2D eigenvalue weighted by Gasteiger charge is -1.96. The molecular weight excluding hydrogens is 187 g/mol. The molecule has 0 N–H and O–H groups in total. The van der Waals surface area contributed by atoms with Crippen molar-refractivity contribution in [1.29, 1.82) is 0 Å². The van der Waals surface area contributed by atoms with Crippen LogP contribution in [0.15, 0.2) is 24.3 Å². The van der Waals surface area contributed by atoms with E-state index in [9.17, 15) is 9.18 Å². The van der Waals surface area contributed by atoms with Gasteiger partial charge >= 0.3 is 11.7 Å². The molecule has 0 radical (unpaired) electrons. The molecule has 5 heteroatoms. The Morgan fingerprint density at radius 3 is 2.64 bits per heavy atom. The summed E-state index contributed by atoms with van der Waals surface area (Å²) >= 11 is 0. The van der Waals surface area contributed by atoms with E-state index in [2.05, 4.69) is 9.53 Å². The molecule has 0 amide bonds. The lowest BCUT2D eigenvalue weighted by Crippen LogP contribution is -2.19. The molecule has 0 bridgehead atoms. The molecule has 0 saturated carbocycles. The zero-order valence-corrected chi connectivity index (χ0v) is 7.40. The van der Waals surface area contributed by atoms with Crippen LogP contribution in [0.2, 0.25) is 0 Å². The van der Waals surface area contributed by atoms with E-state index in [1.165, 1.54) is 18.2 Å². The summed E-state index contributed by atoms with van der Waals surface area (Å²) in [5.41, 5.74) is 7.98. The maximum Gasteiger partial charge on any atom is 0.422 e. The molecule has 0 aliphatic carbocycles. The Kier molecular flexibility index (Phi) is 3.09. The summed E-state index contributed by atoms with van der Waals surface area (Å²) in [5, 5.41) is 0. The van der Waals surface area contributed by atoms with Gasteiger partial charge in [-0.2, -0.15) is 4.79 Å². The van der Waals surface area contributed by atoms with Crippen LogP contribution in [0.25, 0.3) is 5.53 Å². The molecule has 0 saturated heterocycles. The van der Waals surface area contributed by atoms with Gasteiger partial charge in [-0.1, -0.05) is 12.1 Å². The fraction of sp³-hybridized carbons (Fsp3) is 0.111. The third-order valence-corrected chi connectivity index (χ3v) is 1.61. The molecule has 4 nitrogen and oxygen atoms in total. The van der Waals surface area contributed by atoms with E-state index in [1.54, 1.807) is 0 Å². The fourth-order valence-electron chi connectivity index (χ4n) is 0.955. The summed E-state index contributed by atoms with van der Waals surface area (Å²) < 4.78 is 17.4. The molecule has 0 aliphatic rings. The van der Waals surface area contributed by atoms with E-state index >= 15 is 0 Å². The van der Waals surface area contributed by atoms with Crippen LogP contribution in [0, 0.1) is 5.82 Å². The van der Waals surface area contributed by atoms with Gasteiger partial charge in [0.05, 0.1) is 7.11 Å². The molecule has 14 heavy (non-hydrogen) atoms. The molecule has 1 rings (SSSR count). The Morgan fingerprint density at radius 1 is 1.50 bits per heavy atom. The first-order valence-corrected chi connectivity index (χ1v) is 3.76. The second kappa shape index (κ2) is 4.30. The molecular formula is C9H7FN2O2. The van der Waals surface area contributed by atoms with Crippen LogP contribution in [0.3, 0.4) is 0 Å². The first-order valence-electron chi connectivity index (χ1n) is 3.76. The highest BCUT2D eigenvalue weighted by Crippen LogP contribution is 2.07. The third-order valence-electron chi connectivity index (χ3n) is 1.61. The molecule has 0 aliphatic heterocycles. The highest BCUT2D eigenvalue weighted by molar-refractivity contribution is 6.40.